The maximum atomic E-state index is 5.45. The van der Waals surface area contributed by atoms with Gasteiger partial charge in [-0.25, -0.2) is 0 Å². The highest BCUT2D eigenvalue weighted by molar-refractivity contribution is 4.87. The van der Waals surface area contributed by atoms with E-state index < -0.39 is 0 Å². The number of hydrogen-bond acceptors (Lipinski definition) is 5. The van der Waals surface area contributed by atoms with Crippen molar-refractivity contribution >= 4 is 0 Å². The van der Waals surface area contributed by atoms with Gasteiger partial charge in [-0.2, -0.15) is 0 Å². The number of nitrogens with zero attached hydrogens (tertiary/aromatic N) is 2. The van der Waals surface area contributed by atoms with Crippen molar-refractivity contribution in [2.24, 2.45) is 0 Å². The van der Waals surface area contributed by atoms with Crippen LogP contribution in [-0.2, 0) is 11.2 Å². The Labute approximate surface area is 89.2 Å². The highest BCUT2D eigenvalue weighted by Crippen LogP contribution is 2.18. The fourth-order valence-electron chi connectivity index (χ4n) is 1.30. The van der Waals surface area contributed by atoms with E-state index in [2.05, 4.69) is 15.5 Å². The first-order valence-electron chi connectivity index (χ1n) is 5.38. The quantitative estimate of drug-likeness (QED) is 0.762. The van der Waals surface area contributed by atoms with Crippen LogP contribution in [-0.4, -0.2) is 29.9 Å². The molecule has 1 atom stereocenters. The Morgan fingerprint density at radius 2 is 2.33 bits per heavy atom. The predicted molar refractivity (Wildman–Crippen MR) is 54.5 cm³/mol. The van der Waals surface area contributed by atoms with Gasteiger partial charge in [0.1, 0.15) is 6.10 Å². The van der Waals surface area contributed by atoms with Gasteiger partial charge in [-0.1, -0.05) is 0 Å². The van der Waals surface area contributed by atoms with Crippen molar-refractivity contribution in [2.45, 2.75) is 38.3 Å². The Hall–Kier alpha value is -0.940. The van der Waals surface area contributed by atoms with Crippen molar-refractivity contribution in [1.29, 1.82) is 0 Å². The van der Waals surface area contributed by atoms with Crippen molar-refractivity contribution in [2.75, 3.05) is 13.7 Å². The summed E-state index contributed by atoms with van der Waals surface area (Å²) in [7, 11) is 1.63. The zero-order valence-electron chi connectivity index (χ0n) is 9.19. The largest absolute Gasteiger partial charge is 0.422 e. The first-order valence-corrected chi connectivity index (χ1v) is 5.38. The van der Waals surface area contributed by atoms with E-state index in [0.717, 1.165) is 19.0 Å². The van der Waals surface area contributed by atoms with Gasteiger partial charge in [0.2, 0.25) is 11.8 Å². The van der Waals surface area contributed by atoms with Crippen LogP contribution in [0.5, 0.6) is 0 Å². The SMILES string of the molecule is COC(C)c1nnc(CCNC2CC2)o1. The van der Waals surface area contributed by atoms with Gasteiger partial charge in [0.15, 0.2) is 0 Å². The second kappa shape index (κ2) is 4.72. The van der Waals surface area contributed by atoms with Crippen LogP contribution in [0.3, 0.4) is 0 Å². The highest BCUT2D eigenvalue weighted by Gasteiger charge is 2.20. The fraction of sp³-hybridized carbons (Fsp3) is 0.800. The lowest BCUT2D eigenvalue weighted by atomic mass is 10.4. The van der Waals surface area contributed by atoms with Crippen molar-refractivity contribution in [3.05, 3.63) is 11.8 Å². The average molecular weight is 211 g/mol. The fourth-order valence-corrected chi connectivity index (χ4v) is 1.30. The molecule has 1 unspecified atom stereocenters. The minimum absolute atomic E-state index is 0.123. The highest BCUT2D eigenvalue weighted by atomic mass is 16.5. The lowest BCUT2D eigenvalue weighted by Gasteiger charge is -2.01. The van der Waals surface area contributed by atoms with Gasteiger partial charge in [0.25, 0.3) is 0 Å². The topological polar surface area (TPSA) is 60.2 Å². The second-order valence-electron chi connectivity index (χ2n) is 3.89. The summed E-state index contributed by atoms with van der Waals surface area (Å²) in [6.45, 7) is 2.80. The molecule has 0 amide bonds. The lowest BCUT2D eigenvalue weighted by Crippen LogP contribution is -2.19. The number of ether oxygens (including phenoxy) is 1. The number of hydrogen-bond donors (Lipinski definition) is 1. The van der Waals surface area contributed by atoms with Gasteiger partial charge >= 0.3 is 0 Å². The first kappa shape index (κ1) is 10.6. The monoisotopic (exact) mass is 211 g/mol. The van der Waals surface area contributed by atoms with Crippen LogP contribution in [0.15, 0.2) is 4.42 Å². The summed E-state index contributed by atoms with van der Waals surface area (Å²) in [5.74, 6) is 1.24. The third kappa shape index (κ3) is 3.00. The van der Waals surface area contributed by atoms with E-state index in [1.54, 1.807) is 7.11 Å². The summed E-state index contributed by atoms with van der Waals surface area (Å²) in [6.07, 6.45) is 3.27. The minimum Gasteiger partial charge on any atom is -0.422 e. The van der Waals surface area contributed by atoms with Crippen molar-refractivity contribution in [1.82, 2.24) is 15.5 Å². The molecule has 0 bridgehead atoms. The molecule has 1 aliphatic carbocycles. The van der Waals surface area contributed by atoms with Gasteiger partial charge in [0, 0.05) is 26.1 Å². The lowest BCUT2D eigenvalue weighted by molar-refractivity contribution is 0.0936. The molecule has 1 N–H and O–H groups in total. The molecule has 0 radical (unpaired) electrons. The van der Waals surface area contributed by atoms with E-state index in [1.165, 1.54) is 12.8 Å². The molecular formula is C10H17N3O2. The Kier molecular flexibility index (Phi) is 3.33. The third-order valence-electron chi connectivity index (χ3n) is 2.53. The van der Waals surface area contributed by atoms with Crippen LogP contribution in [0, 0.1) is 0 Å². The van der Waals surface area contributed by atoms with E-state index >= 15 is 0 Å². The van der Waals surface area contributed by atoms with E-state index in [-0.39, 0.29) is 6.10 Å². The molecule has 2 rings (SSSR count). The summed E-state index contributed by atoms with van der Waals surface area (Å²) < 4.78 is 10.5. The molecule has 1 fully saturated rings. The predicted octanol–water partition coefficient (Wildman–Crippen LogP) is 1.07. The Morgan fingerprint density at radius 1 is 1.53 bits per heavy atom. The van der Waals surface area contributed by atoms with Crippen LogP contribution in [0.1, 0.15) is 37.7 Å². The summed E-state index contributed by atoms with van der Waals surface area (Å²) in [4.78, 5) is 0. The molecule has 15 heavy (non-hydrogen) atoms. The standard InChI is InChI=1S/C10H17N3O2/c1-7(14-2)10-13-12-9(15-10)5-6-11-8-3-4-8/h7-8,11H,3-6H2,1-2H3. The molecule has 0 saturated heterocycles. The van der Waals surface area contributed by atoms with Gasteiger partial charge < -0.3 is 14.5 Å². The van der Waals surface area contributed by atoms with Gasteiger partial charge in [-0.15, -0.1) is 10.2 Å². The maximum Gasteiger partial charge on any atom is 0.244 e. The normalized spacial score (nSPS) is 18.0. The first-order chi connectivity index (χ1) is 7.29. The maximum absolute atomic E-state index is 5.45. The molecule has 0 aliphatic heterocycles. The van der Waals surface area contributed by atoms with Crippen LogP contribution in [0.25, 0.3) is 0 Å². The Morgan fingerprint density at radius 3 is 3.00 bits per heavy atom. The summed E-state index contributed by atoms with van der Waals surface area (Å²) in [6, 6.07) is 0.727. The van der Waals surface area contributed by atoms with Gasteiger partial charge in [-0.3, -0.25) is 0 Å². The molecule has 1 aliphatic rings. The van der Waals surface area contributed by atoms with Crippen LogP contribution >= 0.6 is 0 Å². The molecule has 0 spiro atoms. The van der Waals surface area contributed by atoms with Gasteiger partial charge in [0.05, 0.1) is 0 Å². The smallest absolute Gasteiger partial charge is 0.244 e. The molecule has 0 aromatic carbocycles. The molecule has 1 saturated carbocycles. The van der Waals surface area contributed by atoms with E-state index in [4.69, 9.17) is 9.15 Å². The van der Waals surface area contributed by atoms with E-state index in [1.807, 2.05) is 6.92 Å². The molecule has 1 aromatic heterocycles. The Bertz CT molecular complexity index is 309. The van der Waals surface area contributed by atoms with Crippen molar-refractivity contribution in [3.8, 4) is 0 Å². The zero-order chi connectivity index (χ0) is 10.7. The van der Waals surface area contributed by atoms with Crippen molar-refractivity contribution < 1.29 is 9.15 Å². The molecule has 5 nitrogen and oxygen atoms in total. The number of aromatic nitrogens is 2. The molecule has 1 aromatic rings. The number of methoxy groups -OCH3 is 1. The van der Waals surface area contributed by atoms with Crippen LogP contribution in [0.4, 0.5) is 0 Å². The van der Waals surface area contributed by atoms with Crippen LogP contribution in [0.2, 0.25) is 0 Å². The van der Waals surface area contributed by atoms with Crippen molar-refractivity contribution in [3.63, 3.8) is 0 Å². The molecule has 1 heterocycles. The minimum atomic E-state index is -0.123. The van der Waals surface area contributed by atoms with Gasteiger partial charge in [-0.05, 0) is 19.8 Å². The molecular weight excluding hydrogens is 194 g/mol. The van der Waals surface area contributed by atoms with E-state index in [9.17, 15) is 0 Å². The second-order valence-corrected chi connectivity index (χ2v) is 3.89. The zero-order valence-corrected chi connectivity index (χ0v) is 9.19. The molecule has 5 heteroatoms. The summed E-state index contributed by atoms with van der Waals surface area (Å²) in [5.41, 5.74) is 0. The van der Waals surface area contributed by atoms with E-state index in [0.29, 0.717) is 11.8 Å². The van der Waals surface area contributed by atoms with Crippen LogP contribution < -0.4 is 5.32 Å². The number of rotatable bonds is 6. The number of nitrogens with one attached hydrogen (secondary N) is 1. The third-order valence-corrected chi connectivity index (χ3v) is 2.53. The summed E-state index contributed by atoms with van der Waals surface area (Å²) >= 11 is 0. The molecule has 84 valence electrons. The summed E-state index contributed by atoms with van der Waals surface area (Å²) in [5, 5.41) is 11.3. The average Bonchev–Trinajstić information content (AvgIpc) is 2.94. The Balaban J connectivity index is 1.77.